The second kappa shape index (κ2) is 6.91. The van der Waals surface area contributed by atoms with E-state index in [9.17, 15) is 8.42 Å². The van der Waals surface area contributed by atoms with E-state index in [4.69, 9.17) is 16.3 Å². The first kappa shape index (κ1) is 16.3. The summed E-state index contributed by atoms with van der Waals surface area (Å²) in [5.41, 5.74) is 1.11. The quantitative estimate of drug-likeness (QED) is 0.898. The summed E-state index contributed by atoms with van der Waals surface area (Å²) in [7, 11) is -2.82. The van der Waals surface area contributed by atoms with Crippen LogP contribution in [0.4, 0.5) is 0 Å². The van der Waals surface area contributed by atoms with Crippen molar-refractivity contribution in [2.75, 3.05) is 11.5 Å². The molecule has 1 aliphatic rings. The van der Waals surface area contributed by atoms with E-state index in [0.717, 1.165) is 30.0 Å². The van der Waals surface area contributed by atoms with E-state index in [1.165, 1.54) is 0 Å². The van der Waals surface area contributed by atoms with Gasteiger partial charge in [-0.25, -0.2) is 8.42 Å². The second-order valence-corrected chi connectivity index (χ2v) is 8.47. The van der Waals surface area contributed by atoms with Crippen molar-refractivity contribution < 1.29 is 18.5 Å². The highest BCUT2D eigenvalue weighted by atomic mass is 35.5. The Balaban J connectivity index is 1.60. The summed E-state index contributed by atoms with van der Waals surface area (Å²) in [6, 6.07) is 15.2. The zero-order chi connectivity index (χ0) is 16.3. The van der Waals surface area contributed by atoms with Crippen LogP contribution in [0.15, 0.2) is 48.5 Å². The highest BCUT2D eigenvalue weighted by Gasteiger charge is 2.30. The number of hydrogen-bond acceptors (Lipinski definition) is 3. The highest BCUT2D eigenvalue weighted by Crippen LogP contribution is 2.23. The van der Waals surface area contributed by atoms with Crippen LogP contribution in [0.2, 0.25) is 5.02 Å². The maximum absolute atomic E-state index is 11.5. The van der Waals surface area contributed by atoms with Crippen molar-refractivity contribution in [1.82, 2.24) is 0 Å². The molecule has 6 heteroatoms. The third-order valence-electron chi connectivity index (χ3n) is 3.90. The van der Waals surface area contributed by atoms with Crippen LogP contribution in [0.5, 0.6) is 11.5 Å². The molecule has 2 N–H and O–H groups in total. The molecule has 0 spiro atoms. The topological polar surface area (TPSA) is 60.0 Å². The Hall–Kier alpha value is -1.56. The first-order valence-corrected chi connectivity index (χ1v) is 9.76. The molecule has 2 aromatic rings. The number of quaternary nitrogens is 1. The highest BCUT2D eigenvalue weighted by molar-refractivity contribution is 7.91. The molecule has 0 radical (unpaired) electrons. The molecule has 1 atom stereocenters. The summed E-state index contributed by atoms with van der Waals surface area (Å²) in [5.74, 6) is 2.09. The fourth-order valence-electron chi connectivity index (χ4n) is 2.69. The summed E-state index contributed by atoms with van der Waals surface area (Å²) in [4.78, 5) is 0. The van der Waals surface area contributed by atoms with Gasteiger partial charge in [0.15, 0.2) is 9.84 Å². The molecule has 0 amide bonds. The normalized spacial score (nSPS) is 19.6. The average Bonchev–Trinajstić information content (AvgIpc) is 2.87. The minimum Gasteiger partial charge on any atom is -0.457 e. The molecule has 0 saturated carbocycles. The van der Waals surface area contributed by atoms with Gasteiger partial charge in [-0.05, 0) is 36.4 Å². The van der Waals surface area contributed by atoms with Crippen LogP contribution in [0, 0.1) is 0 Å². The van der Waals surface area contributed by atoms with Gasteiger partial charge in [-0.3, -0.25) is 0 Å². The lowest BCUT2D eigenvalue weighted by atomic mass is 10.2. The monoisotopic (exact) mass is 352 g/mol. The standard InChI is InChI=1S/C17H18ClNO3S/c18-14-4-6-16(7-5-14)22-17-3-1-2-13(10-17)11-19-15-8-9-23(20,21)12-15/h1-7,10,15,19H,8-9,11-12H2/p+1/t15-/m0/s1. The number of hydrogen-bond donors (Lipinski definition) is 1. The zero-order valence-electron chi connectivity index (χ0n) is 12.6. The Kier molecular flexibility index (Phi) is 4.90. The van der Waals surface area contributed by atoms with Gasteiger partial charge in [-0.15, -0.1) is 0 Å². The van der Waals surface area contributed by atoms with Gasteiger partial charge < -0.3 is 10.1 Å². The minimum atomic E-state index is -2.82. The van der Waals surface area contributed by atoms with Crippen LogP contribution in [0.1, 0.15) is 12.0 Å². The summed E-state index contributed by atoms with van der Waals surface area (Å²) in [5, 5.41) is 2.78. The molecular formula is C17H19ClNO3S+. The molecule has 122 valence electrons. The Morgan fingerprint density at radius 2 is 1.91 bits per heavy atom. The predicted octanol–water partition coefficient (Wildman–Crippen LogP) is 2.38. The molecule has 2 aromatic carbocycles. The van der Waals surface area contributed by atoms with E-state index in [-0.39, 0.29) is 11.8 Å². The second-order valence-electron chi connectivity index (χ2n) is 5.81. The predicted molar refractivity (Wildman–Crippen MR) is 90.7 cm³/mol. The smallest absolute Gasteiger partial charge is 0.156 e. The maximum atomic E-state index is 11.5. The number of ether oxygens (including phenoxy) is 1. The maximum Gasteiger partial charge on any atom is 0.156 e. The van der Waals surface area contributed by atoms with E-state index >= 15 is 0 Å². The number of rotatable bonds is 5. The van der Waals surface area contributed by atoms with Crippen molar-refractivity contribution in [2.24, 2.45) is 0 Å². The van der Waals surface area contributed by atoms with E-state index in [1.807, 2.05) is 36.4 Å². The van der Waals surface area contributed by atoms with Crippen LogP contribution in [0.3, 0.4) is 0 Å². The Morgan fingerprint density at radius 3 is 2.61 bits per heavy atom. The van der Waals surface area contributed by atoms with Crippen LogP contribution < -0.4 is 10.1 Å². The number of nitrogens with two attached hydrogens (primary N) is 1. The third kappa shape index (κ3) is 4.70. The first-order chi connectivity index (χ1) is 11.0. The zero-order valence-corrected chi connectivity index (χ0v) is 14.2. The minimum absolute atomic E-state index is 0.167. The van der Waals surface area contributed by atoms with Crippen molar-refractivity contribution in [3.63, 3.8) is 0 Å². The number of halogens is 1. The lowest BCUT2D eigenvalue weighted by molar-refractivity contribution is -0.699. The van der Waals surface area contributed by atoms with Gasteiger partial charge in [0.2, 0.25) is 0 Å². The average molecular weight is 353 g/mol. The van der Waals surface area contributed by atoms with Crippen LogP contribution in [0.25, 0.3) is 0 Å². The van der Waals surface area contributed by atoms with Gasteiger partial charge in [-0.1, -0.05) is 23.7 Å². The Morgan fingerprint density at radius 1 is 1.13 bits per heavy atom. The van der Waals surface area contributed by atoms with E-state index < -0.39 is 9.84 Å². The molecule has 0 unspecified atom stereocenters. The van der Waals surface area contributed by atoms with Crippen molar-refractivity contribution in [3.05, 3.63) is 59.1 Å². The van der Waals surface area contributed by atoms with Crippen molar-refractivity contribution in [3.8, 4) is 11.5 Å². The van der Waals surface area contributed by atoms with Gasteiger partial charge in [-0.2, -0.15) is 0 Å². The van der Waals surface area contributed by atoms with Crippen molar-refractivity contribution in [2.45, 2.75) is 19.0 Å². The fraction of sp³-hybridized carbons (Fsp3) is 0.294. The van der Waals surface area contributed by atoms with Gasteiger partial charge in [0.1, 0.15) is 29.8 Å². The van der Waals surface area contributed by atoms with E-state index in [2.05, 4.69) is 5.32 Å². The first-order valence-electron chi connectivity index (χ1n) is 7.56. The van der Waals surface area contributed by atoms with Gasteiger partial charge >= 0.3 is 0 Å². The Labute approximate surface area is 141 Å². The van der Waals surface area contributed by atoms with E-state index in [0.29, 0.717) is 10.8 Å². The van der Waals surface area contributed by atoms with Crippen LogP contribution in [-0.2, 0) is 16.4 Å². The molecule has 0 aromatic heterocycles. The number of sulfone groups is 1. The van der Waals surface area contributed by atoms with Crippen LogP contribution >= 0.6 is 11.6 Å². The lowest BCUT2D eigenvalue weighted by Crippen LogP contribution is -2.89. The SMILES string of the molecule is O=S1(=O)CC[C@H]([NH2+]Cc2cccc(Oc3ccc(Cl)cc3)c2)C1. The summed E-state index contributed by atoms with van der Waals surface area (Å²) < 4.78 is 28.8. The van der Waals surface area contributed by atoms with Crippen LogP contribution in [-0.4, -0.2) is 26.0 Å². The lowest BCUT2D eigenvalue weighted by Gasteiger charge is -2.09. The molecule has 1 saturated heterocycles. The molecule has 3 rings (SSSR count). The van der Waals surface area contributed by atoms with Gasteiger partial charge in [0.25, 0.3) is 0 Å². The van der Waals surface area contributed by atoms with Gasteiger partial charge in [0, 0.05) is 17.0 Å². The van der Waals surface area contributed by atoms with Crippen molar-refractivity contribution in [1.29, 1.82) is 0 Å². The fourth-order valence-corrected chi connectivity index (χ4v) is 4.60. The summed E-state index contributed by atoms with van der Waals surface area (Å²) in [6.07, 6.45) is 0.739. The molecule has 0 aliphatic carbocycles. The third-order valence-corrected chi connectivity index (χ3v) is 5.95. The summed E-state index contributed by atoms with van der Waals surface area (Å²) >= 11 is 5.86. The molecule has 0 bridgehead atoms. The summed E-state index contributed by atoms with van der Waals surface area (Å²) in [6.45, 7) is 0.748. The Bertz CT molecular complexity index is 775. The molecule has 23 heavy (non-hydrogen) atoms. The largest absolute Gasteiger partial charge is 0.457 e. The van der Waals surface area contributed by atoms with E-state index in [1.54, 1.807) is 12.1 Å². The number of benzene rings is 2. The molecular weight excluding hydrogens is 334 g/mol. The van der Waals surface area contributed by atoms with Gasteiger partial charge in [0.05, 0.1) is 5.75 Å². The molecule has 1 fully saturated rings. The van der Waals surface area contributed by atoms with Crippen molar-refractivity contribution >= 4 is 21.4 Å². The molecule has 1 heterocycles. The molecule has 4 nitrogen and oxygen atoms in total. The molecule has 1 aliphatic heterocycles.